The maximum Gasteiger partial charge on any atom is 0.0267 e. The zero-order valence-corrected chi connectivity index (χ0v) is 5.98. The van der Waals surface area contributed by atoms with Crippen molar-refractivity contribution in [2.45, 2.75) is 52.3 Å². The molecule has 0 fully saturated rings. The fraction of sp³-hybridized carbons (Fsp3) is 1.00. The second kappa shape index (κ2) is 7.00. The third kappa shape index (κ3) is 6.00. The van der Waals surface area contributed by atoms with Gasteiger partial charge in [0.05, 0.1) is 0 Å². The number of hydrogen-bond donors (Lipinski definition) is 0. The van der Waals surface area contributed by atoms with Gasteiger partial charge in [-0.15, -0.1) is 0 Å². The Labute approximate surface area is 56.1 Å². The van der Waals surface area contributed by atoms with Gasteiger partial charge in [0.1, 0.15) is 0 Å². The van der Waals surface area contributed by atoms with Gasteiger partial charge in [0.2, 0.25) is 0 Å². The van der Waals surface area contributed by atoms with Crippen molar-refractivity contribution >= 4 is 0 Å². The molecule has 0 spiro atoms. The van der Waals surface area contributed by atoms with Gasteiger partial charge in [0, 0.05) is 2.74 Å². The summed E-state index contributed by atoms with van der Waals surface area (Å²) in [6, 6.07) is 0. The summed E-state index contributed by atoms with van der Waals surface area (Å²) < 4.78 is 14.7. The SMILES string of the molecule is [2H]C(C)CC([2H])CCCC. The maximum absolute atomic E-state index is 7.49. The fourth-order valence-corrected chi connectivity index (χ4v) is 0.633. The van der Waals surface area contributed by atoms with Crippen molar-refractivity contribution in [3.63, 3.8) is 0 Å². The summed E-state index contributed by atoms with van der Waals surface area (Å²) in [7, 11) is 0. The van der Waals surface area contributed by atoms with Crippen LogP contribution in [-0.2, 0) is 0 Å². The van der Waals surface area contributed by atoms with Gasteiger partial charge in [-0.3, -0.25) is 0 Å². The van der Waals surface area contributed by atoms with E-state index in [2.05, 4.69) is 6.92 Å². The molecule has 0 bridgehead atoms. The standard InChI is InChI=1S/C8H18/c1-3-5-7-8-6-4-2/h3-8H2,1-2H3/i3D,7D. The molecular weight excluding hydrogens is 96.1 g/mol. The summed E-state index contributed by atoms with van der Waals surface area (Å²) in [5.74, 6) is 0. The predicted octanol–water partition coefficient (Wildman–Crippen LogP) is 3.37. The molecule has 8 heavy (non-hydrogen) atoms. The van der Waals surface area contributed by atoms with E-state index in [1.807, 2.05) is 6.92 Å². The van der Waals surface area contributed by atoms with E-state index in [1.165, 1.54) is 6.42 Å². The lowest BCUT2D eigenvalue weighted by molar-refractivity contribution is 0.624. The van der Waals surface area contributed by atoms with Crippen molar-refractivity contribution in [1.82, 2.24) is 0 Å². The van der Waals surface area contributed by atoms with Crippen LogP contribution in [0, 0.1) is 0 Å². The minimum Gasteiger partial charge on any atom is -0.0654 e. The lowest BCUT2D eigenvalue weighted by Gasteiger charge is -1.93. The van der Waals surface area contributed by atoms with E-state index in [4.69, 9.17) is 2.74 Å². The molecule has 0 aliphatic carbocycles. The highest BCUT2D eigenvalue weighted by Gasteiger charge is 1.83. The lowest BCUT2D eigenvalue weighted by atomic mass is 10.1. The van der Waals surface area contributed by atoms with Crippen LogP contribution in [0.4, 0.5) is 0 Å². The van der Waals surface area contributed by atoms with Crippen LogP contribution in [0.1, 0.15) is 55.1 Å². The molecule has 0 heteroatoms. The first-order chi connectivity index (χ1) is 4.66. The second-order valence-electron chi connectivity index (χ2n) is 2.07. The van der Waals surface area contributed by atoms with Gasteiger partial charge in [0.15, 0.2) is 0 Å². The monoisotopic (exact) mass is 116 g/mol. The quantitative estimate of drug-likeness (QED) is 0.516. The van der Waals surface area contributed by atoms with Gasteiger partial charge >= 0.3 is 0 Å². The lowest BCUT2D eigenvalue weighted by Crippen LogP contribution is -1.73. The van der Waals surface area contributed by atoms with E-state index in [-0.39, 0.29) is 12.8 Å². The van der Waals surface area contributed by atoms with E-state index in [1.54, 1.807) is 0 Å². The van der Waals surface area contributed by atoms with Crippen LogP contribution in [0.25, 0.3) is 0 Å². The van der Waals surface area contributed by atoms with E-state index in [0.29, 0.717) is 0 Å². The first-order valence-electron chi connectivity index (χ1n) is 4.66. The van der Waals surface area contributed by atoms with Crippen molar-refractivity contribution in [3.05, 3.63) is 0 Å². The molecule has 2 atom stereocenters. The smallest absolute Gasteiger partial charge is 0.0267 e. The molecule has 0 amide bonds. The molecule has 0 saturated heterocycles. The Morgan fingerprint density at radius 2 is 1.88 bits per heavy atom. The van der Waals surface area contributed by atoms with Crippen LogP contribution >= 0.6 is 0 Å². The molecule has 0 N–H and O–H groups in total. The molecular formula is C8H18. The van der Waals surface area contributed by atoms with Crippen LogP contribution in [0.2, 0.25) is 0 Å². The summed E-state index contributed by atoms with van der Waals surface area (Å²) in [6.07, 6.45) is 3.97. The summed E-state index contributed by atoms with van der Waals surface area (Å²) in [4.78, 5) is 0. The van der Waals surface area contributed by atoms with Gasteiger partial charge in [-0.2, -0.15) is 0 Å². The number of unbranched alkanes of at least 4 members (excludes halogenated alkanes) is 1. The van der Waals surface area contributed by atoms with Crippen LogP contribution in [-0.4, -0.2) is 0 Å². The molecule has 0 radical (unpaired) electrons. The molecule has 0 aliphatic rings. The largest absolute Gasteiger partial charge is 0.0654 e. The van der Waals surface area contributed by atoms with E-state index >= 15 is 0 Å². The van der Waals surface area contributed by atoms with Gasteiger partial charge < -0.3 is 0 Å². The Hall–Kier alpha value is 0. The first kappa shape index (κ1) is 4.84. The summed E-state index contributed by atoms with van der Waals surface area (Å²) >= 11 is 0. The summed E-state index contributed by atoms with van der Waals surface area (Å²) in [5, 5.41) is 0. The molecule has 0 saturated carbocycles. The maximum atomic E-state index is 7.49. The predicted molar refractivity (Wildman–Crippen MR) is 39.1 cm³/mol. The number of rotatable bonds is 5. The van der Waals surface area contributed by atoms with Crippen LogP contribution in [0.5, 0.6) is 0 Å². The molecule has 2 unspecified atom stereocenters. The first-order valence-corrected chi connectivity index (χ1v) is 3.51. The van der Waals surface area contributed by atoms with Crippen LogP contribution < -0.4 is 0 Å². The van der Waals surface area contributed by atoms with E-state index in [9.17, 15) is 0 Å². The molecule has 0 heterocycles. The molecule has 50 valence electrons. The van der Waals surface area contributed by atoms with Crippen LogP contribution in [0.15, 0.2) is 0 Å². The average molecular weight is 116 g/mol. The Morgan fingerprint density at radius 1 is 1.12 bits per heavy atom. The highest BCUT2D eigenvalue weighted by atomic mass is 13.9. The average Bonchev–Trinajstić information content (AvgIpc) is 1.82. The normalized spacial score (nSPS) is 21.2. The Morgan fingerprint density at radius 3 is 2.38 bits per heavy atom. The minimum atomic E-state index is -0.0562. The second-order valence-corrected chi connectivity index (χ2v) is 2.07. The van der Waals surface area contributed by atoms with E-state index in [0.717, 1.165) is 19.3 Å². The third-order valence-electron chi connectivity index (χ3n) is 1.16. The van der Waals surface area contributed by atoms with Crippen molar-refractivity contribution in [2.75, 3.05) is 0 Å². The van der Waals surface area contributed by atoms with Gasteiger partial charge in [0.25, 0.3) is 0 Å². The van der Waals surface area contributed by atoms with Gasteiger partial charge in [-0.05, 0) is 0 Å². The molecule has 0 aromatic heterocycles. The fourth-order valence-electron chi connectivity index (χ4n) is 0.633. The molecule has 0 aromatic carbocycles. The Bertz CT molecular complexity index is 71.7. The van der Waals surface area contributed by atoms with Gasteiger partial charge in [-0.25, -0.2) is 0 Å². The number of hydrogen-bond acceptors (Lipinski definition) is 0. The minimum absolute atomic E-state index is 0.00690. The van der Waals surface area contributed by atoms with E-state index < -0.39 is 0 Å². The molecule has 0 aromatic rings. The zero-order chi connectivity index (χ0) is 7.98. The van der Waals surface area contributed by atoms with Crippen molar-refractivity contribution < 1.29 is 2.74 Å². The van der Waals surface area contributed by atoms with Crippen molar-refractivity contribution in [2.24, 2.45) is 0 Å². The highest BCUT2D eigenvalue weighted by molar-refractivity contribution is 4.39. The molecule has 0 nitrogen and oxygen atoms in total. The topological polar surface area (TPSA) is 0 Å². The van der Waals surface area contributed by atoms with Crippen molar-refractivity contribution in [3.8, 4) is 0 Å². The van der Waals surface area contributed by atoms with Crippen molar-refractivity contribution in [1.29, 1.82) is 0 Å². The summed E-state index contributed by atoms with van der Waals surface area (Å²) in [5.41, 5.74) is 0. The van der Waals surface area contributed by atoms with Crippen LogP contribution in [0.3, 0.4) is 0 Å². The molecule has 0 rings (SSSR count). The Balaban J connectivity index is 3.16. The zero-order valence-electron chi connectivity index (χ0n) is 7.98. The highest BCUT2D eigenvalue weighted by Crippen LogP contribution is 2.03. The summed E-state index contributed by atoms with van der Waals surface area (Å²) in [6.45, 7) is 3.99. The third-order valence-corrected chi connectivity index (χ3v) is 1.16. The Kier molecular flexibility index (Phi) is 4.23. The molecule has 0 aliphatic heterocycles. The van der Waals surface area contributed by atoms with Gasteiger partial charge in [-0.1, -0.05) is 52.3 Å².